The zero-order chi connectivity index (χ0) is 19.3. The molecule has 0 aliphatic heterocycles. The number of benzene rings is 3. The Morgan fingerprint density at radius 3 is 2.39 bits per heavy atom. The lowest BCUT2D eigenvalue weighted by Gasteiger charge is -2.25. The maximum atomic E-state index is 12.9. The molecule has 5 aromatic rings. The monoisotopic (exact) mass is 370 g/mol. The lowest BCUT2D eigenvalue weighted by Crippen LogP contribution is -2.38. The summed E-state index contributed by atoms with van der Waals surface area (Å²) in [6.07, 6.45) is 0. The fraction of sp³-hybridized carbons (Fsp3) is 0.0870. The Bertz CT molecular complexity index is 1320. The van der Waals surface area contributed by atoms with Gasteiger partial charge in [0.1, 0.15) is 0 Å². The highest BCUT2D eigenvalue weighted by molar-refractivity contribution is 6.09. The summed E-state index contributed by atoms with van der Waals surface area (Å²) in [6, 6.07) is 22.9. The number of aromatic nitrogens is 2. The predicted octanol–water partition coefficient (Wildman–Crippen LogP) is 4.21. The topological polar surface area (TPSA) is 78.1 Å². The number of carbonyl (C=O) groups is 1. The van der Waals surface area contributed by atoms with E-state index in [1.165, 1.54) is 7.11 Å². The molecule has 0 spiro atoms. The van der Waals surface area contributed by atoms with Gasteiger partial charge in [-0.15, -0.1) is 0 Å². The molecule has 5 rings (SSSR count). The van der Waals surface area contributed by atoms with E-state index >= 15 is 0 Å². The van der Waals surface area contributed by atoms with Crippen molar-refractivity contribution in [3.05, 3.63) is 84.1 Å². The van der Waals surface area contributed by atoms with Crippen molar-refractivity contribution in [2.45, 2.75) is 5.60 Å². The van der Waals surface area contributed by atoms with Crippen LogP contribution in [0.5, 0.6) is 0 Å². The third kappa shape index (κ3) is 2.20. The van der Waals surface area contributed by atoms with E-state index in [4.69, 9.17) is 4.74 Å². The smallest absolute Gasteiger partial charge is 0.349 e. The molecule has 3 N–H and O–H groups in total. The van der Waals surface area contributed by atoms with Crippen LogP contribution in [-0.4, -0.2) is 28.2 Å². The van der Waals surface area contributed by atoms with Crippen molar-refractivity contribution in [2.24, 2.45) is 0 Å². The molecule has 0 aliphatic rings. The molecule has 2 heterocycles. The van der Waals surface area contributed by atoms with E-state index in [0.717, 1.165) is 27.2 Å². The SMILES string of the molecule is COC(=O)[C@](O)(c1cc2ccccc2[nH]1)c1cccc2c1[nH]c1ccccc12. The van der Waals surface area contributed by atoms with Crippen LogP contribution in [0.2, 0.25) is 0 Å². The average Bonchev–Trinajstić information content (AvgIpc) is 3.34. The largest absolute Gasteiger partial charge is 0.466 e. The Morgan fingerprint density at radius 2 is 1.61 bits per heavy atom. The minimum Gasteiger partial charge on any atom is -0.466 e. The maximum absolute atomic E-state index is 12.9. The van der Waals surface area contributed by atoms with E-state index in [1.807, 2.05) is 60.7 Å². The number of ether oxygens (including phenoxy) is 1. The number of rotatable bonds is 3. The van der Waals surface area contributed by atoms with Gasteiger partial charge in [0.15, 0.2) is 0 Å². The fourth-order valence-corrected chi connectivity index (χ4v) is 3.96. The molecule has 0 radical (unpaired) electrons. The lowest BCUT2D eigenvalue weighted by atomic mass is 9.88. The van der Waals surface area contributed by atoms with Gasteiger partial charge in [0, 0.05) is 27.4 Å². The van der Waals surface area contributed by atoms with Crippen LogP contribution in [0, 0.1) is 0 Å². The van der Waals surface area contributed by atoms with Crippen molar-refractivity contribution in [2.75, 3.05) is 7.11 Å². The summed E-state index contributed by atoms with van der Waals surface area (Å²) in [4.78, 5) is 19.4. The summed E-state index contributed by atoms with van der Waals surface area (Å²) < 4.78 is 5.02. The molecule has 0 bridgehead atoms. The first-order valence-corrected chi connectivity index (χ1v) is 9.02. The van der Waals surface area contributed by atoms with Crippen LogP contribution in [0.15, 0.2) is 72.8 Å². The normalized spacial score (nSPS) is 13.8. The second-order valence-corrected chi connectivity index (χ2v) is 6.87. The minimum absolute atomic E-state index is 0.367. The molecule has 3 aromatic carbocycles. The second-order valence-electron chi connectivity index (χ2n) is 6.87. The zero-order valence-electron chi connectivity index (χ0n) is 15.2. The summed E-state index contributed by atoms with van der Waals surface area (Å²) in [5, 5.41) is 14.6. The third-order valence-corrected chi connectivity index (χ3v) is 5.33. The van der Waals surface area contributed by atoms with Crippen LogP contribution in [0.3, 0.4) is 0 Å². The molecule has 0 unspecified atom stereocenters. The van der Waals surface area contributed by atoms with E-state index in [2.05, 4.69) is 9.97 Å². The highest BCUT2D eigenvalue weighted by Crippen LogP contribution is 2.38. The van der Waals surface area contributed by atoms with E-state index in [9.17, 15) is 9.90 Å². The molecule has 0 saturated carbocycles. The highest BCUT2D eigenvalue weighted by Gasteiger charge is 2.44. The number of esters is 1. The molecule has 138 valence electrons. The first-order chi connectivity index (χ1) is 13.6. The number of hydrogen-bond donors (Lipinski definition) is 3. The number of aromatic amines is 2. The Kier molecular flexibility index (Phi) is 3.54. The number of carbonyl (C=O) groups excluding carboxylic acids is 1. The van der Waals surface area contributed by atoms with Gasteiger partial charge >= 0.3 is 5.97 Å². The zero-order valence-corrected chi connectivity index (χ0v) is 15.2. The lowest BCUT2D eigenvalue weighted by molar-refractivity contribution is -0.159. The number of H-pyrrole nitrogens is 2. The molecular formula is C23H18N2O3. The molecule has 0 fully saturated rings. The van der Waals surface area contributed by atoms with Gasteiger partial charge in [-0.05, 0) is 23.6 Å². The van der Waals surface area contributed by atoms with E-state index in [-0.39, 0.29) is 0 Å². The molecule has 1 atom stereocenters. The van der Waals surface area contributed by atoms with Crippen LogP contribution < -0.4 is 0 Å². The van der Waals surface area contributed by atoms with Crippen molar-refractivity contribution in [3.63, 3.8) is 0 Å². The van der Waals surface area contributed by atoms with Gasteiger partial charge in [0.05, 0.1) is 18.3 Å². The number of methoxy groups -OCH3 is 1. The predicted molar refractivity (Wildman–Crippen MR) is 109 cm³/mol. The molecule has 0 saturated heterocycles. The maximum Gasteiger partial charge on any atom is 0.349 e. The number of hydrogen-bond acceptors (Lipinski definition) is 3. The Morgan fingerprint density at radius 1 is 0.893 bits per heavy atom. The van der Waals surface area contributed by atoms with Crippen molar-refractivity contribution in [1.82, 2.24) is 9.97 Å². The quantitative estimate of drug-likeness (QED) is 0.416. The Hall–Kier alpha value is -3.57. The van der Waals surface area contributed by atoms with Gasteiger partial charge < -0.3 is 19.8 Å². The standard InChI is InChI=1S/C23H18N2O3/c1-28-22(26)23(27,20-13-14-7-2-4-11-18(14)24-20)17-10-6-9-16-15-8-3-5-12-19(15)25-21(16)17/h2-13,24-25,27H,1H3/t23-/m1/s1. The molecule has 5 nitrogen and oxygen atoms in total. The Balaban J connectivity index is 1.85. The highest BCUT2D eigenvalue weighted by atomic mass is 16.5. The van der Waals surface area contributed by atoms with Crippen LogP contribution in [0.25, 0.3) is 32.7 Å². The van der Waals surface area contributed by atoms with Crippen LogP contribution in [0.1, 0.15) is 11.3 Å². The first-order valence-electron chi connectivity index (χ1n) is 9.02. The van der Waals surface area contributed by atoms with Gasteiger partial charge in [0.2, 0.25) is 5.60 Å². The third-order valence-electron chi connectivity index (χ3n) is 5.33. The van der Waals surface area contributed by atoms with E-state index in [1.54, 1.807) is 12.1 Å². The summed E-state index contributed by atoms with van der Waals surface area (Å²) in [6.45, 7) is 0. The summed E-state index contributed by atoms with van der Waals surface area (Å²) in [5.41, 5.74) is 1.31. The minimum atomic E-state index is -1.98. The number of nitrogens with one attached hydrogen (secondary N) is 2. The van der Waals surface area contributed by atoms with Gasteiger partial charge in [-0.2, -0.15) is 0 Å². The molecule has 2 aromatic heterocycles. The van der Waals surface area contributed by atoms with Crippen molar-refractivity contribution >= 4 is 38.7 Å². The molecule has 28 heavy (non-hydrogen) atoms. The van der Waals surface area contributed by atoms with Gasteiger partial charge in [-0.25, -0.2) is 4.79 Å². The van der Waals surface area contributed by atoms with Crippen LogP contribution >= 0.6 is 0 Å². The van der Waals surface area contributed by atoms with Crippen molar-refractivity contribution < 1.29 is 14.6 Å². The van der Waals surface area contributed by atoms with Gasteiger partial charge in [0.25, 0.3) is 0 Å². The second kappa shape index (κ2) is 5.97. The summed E-state index contributed by atoms with van der Waals surface area (Å²) in [5.74, 6) is -0.745. The fourth-order valence-electron chi connectivity index (χ4n) is 3.96. The molecule has 0 aliphatic carbocycles. The van der Waals surface area contributed by atoms with Crippen LogP contribution in [-0.2, 0) is 15.1 Å². The molecule has 0 amide bonds. The van der Waals surface area contributed by atoms with E-state index < -0.39 is 11.6 Å². The number of para-hydroxylation sites is 3. The van der Waals surface area contributed by atoms with Gasteiger partial charge in [-0.3, -0.25) is 0 Å². The average molecular weight is 370 g/mol. The molecule has 5 heteroatoms. The van der Waals surface area contributed by atoms with Crippen molar-refractivity contribution in [1.29, 1.82) is 0 Å². The number of aliphatic hydroxyl groups is 1. The summed E-state index contributed by atoms with van der Waals surface area (Å²) in [7, 11) is 1.28. The van der Waals surface area contributed by atoms with E-state index in [0.29, 0.717) is 16.8 Å². The van der Waals surface area contributed by atoms with Crippen LogP contribution in [0.4, 0.5) is 0 Å². The Labute approximate surface area is 160 Å². The van der Waals surface area contributed by atoms with Gasteiger partial charge in [-0.1, -0.05) is 54.6 Å². The first kappa shape index (κ1) is 16.6. The molecular weight excluding hydrogens is 352 g/mol. The van der Waals surface area contributed by atoms with Crippen molar-refractivity contribution in [3.8, 4) is 0 Å². The summed E-state index contributed by atoms with van der Waals surface area (Å²) >= 11 is 0. The number of fused-ring (bicyclic) bond motifs is 4.